The molecule has 1 unspecified atom stereocenters. The number of nitrogens with one attached hydrogen (secondary N) is 1. The number of azo groups is 1. The van der Waals surface area contributed by atoms with Crippen molar-refractivity contribution in [3.8, 4) is 23.0 Å². The second-order valence-electron chi connectivity index (χ2n) is 6.04. The Hall–Kier alpha value is -3.04. The topological polar surface area (TPSA) is 108 Å². The normalized spacial score (nSPS) is 11.7. The fourth-order valence-corrected chi connectivity index (χ4v) is 3.01. The molecule has 2 rings (SSSR count). The van der Waals surface area contributed by atoms with Crippen LogP contribution < -0.4 is 24.3 Å². The highest BCUT2D eigenvalue weighted by molar-refractivity contribution is 6.35. The molecule has 0 spiro atoms. The van der Waals surface area contributed by atoms with Gasteiger partial charge in [-0.3, -0.25) is 9.59 Å². The van der Waals surface area contributed by atoms with Crippen molar-refractivity contribution in [2.75, 3.05) is 33.8 Å². The Labute approximate surface area is 189 Å². The molecule has 0 heterocycles. The third-order valence-electron chi connectivity index (χ3n) is 4.10. The van der Waals surface area contributed by atoms with Crippen molar-refractivity contribution in [2.45, 2.75) is 13.0 Å². The fourth-order valence-electron chi connectivity index (χ4n) is 2.55. The van der Waals surface area contributed by atoms with E-state index in [-0.39, 0.29) is 32.9 Å². The average molecular weight is 470 g/mol. The molecule has 1 N–H and O–H groups in total. The summed E-state index contributed by atoms with van der Waals surface area (Å²) in [6, 6.07) is 4.69. The van der Waals surface area contributed by atoms with Crippen LogP contribution in [0.2, 0.25) is 10.0 Å². The second kappa shape index (κ2) is 10.8. The molecule has 9 nitrogen and oxygen atoms in total. The van der Waals surface area contributed by atoms with Gasteiger partial charge in [0.2, 0.25) is 6.04 Å². The van der Waals surface area contributed by atoms with Crippen LogP contribution in [0.5, 0.6) is 23.0 Å². The van der Waals surface area contributed by atoms with Crippen molar-refractivity contribution >= 4 is 46.3 Å². The fraction of sp³-hybridized carbons (Fsp3) is 0.300. The summed E-state index contributed by atoms with van der Waals surface area (Å²) in [5.74, 6) is -0.140. The second-order valence-corrected chi connectivity index (χ2v) is 6.83. The molecule has 1 atom stereocenters. The lowest BCUT2D eigenvalue weighted by Gasteiger charge is -2.14. The van der Waals surface area contributed by atoms with Gasteiger partial charge < -0.3 is 24.3 Å². The van der Waals surface area contributed by atoms with Gasteiger partial charge in [-0.15, -0.1) is 5.11 Å². The molecule has 0 saturated carbocycles. The maximum Gasteiger partial charge on any atom is 0.258 e. The zero-order chi connectivity index (χ0) is 23.1. The van der Waals surface area contributed by atoms with Crippen molar-refractivity contribution in [3.05, 3.63) is 34.3 Å². The smallest absolute Gasteiger partial charge is 0.258 e. The van der Waals surface area contributed by atoms with E-state index in [9.17, 15) is 9.59 Å². The monoisotopic (exact) mass is 469 g/mol. The first kappa shape index (κ1) is 24.2. The van der Waals surface area contributed by atoms with Crippen LogP contribution in [0, 0.1) is 0 Å². The number of halogens is 2. The number of benzene rings is 2. The van der Waals surface area contributed by atoms with E-state index in [1.54, 1.807) is 18.2 Å². The van der Waals surface area contributed by atoms with Crippen LogP contribution in [0.4, 0.5) is 11.4 Å². The number of anilines is 1. The van der Waals surface area contributed by atoms with Gasteiger partial charge in [0, 0.05) is 12.1 Å². The molecule has 0 aliphatic rings. The summed E-state index contributed by atoms with van der Waals surface area (Å²) in [7, 11) is 5.69. The quantitative estimate of drug-likeness (QED) is 0.420. The highest BCUT2D eigenvalue weighted by atomic mass is 35.5. The molecule has 166 valence electrons. The minimum Gasteiger partial charge on any atom is -0.497 e. The SMILES string of the molecule is COc1cc(NC(=O)C(N=Nc2c(OC)ccc(Cl)c2OC)C(C)=O)c(Cl)c(OC)c1. The van der Waals surface area contributed by atoms with Crippen LogP contribution in [-0.4, -0.2) is 46.2 Å². The minimum atomic E-state index is -1.47. The maximum absolute atomic E-state index is 12.8. The number of ether oxygens (including phenoxy) is 4. The highest BCUT2D eigenvalue weighted by Crippen LogP contribution is 2.43. The first-order valence-corrected chi connectivity index (χ1v) is 9.57. The Morgan fingerprint density at radius 2 is 1.65 bits per heavy atom. The van der Waals surface area contributed by atoms with Crippen molar-refractivity contribution in [1.82, 2.24) is 0 Å². The summed E-state index contributed by atoms with van der Waals surface area (Å²) in [6.45, 7) is 1.21. The molecule has 1 amide bonds. The molecule has 0 aliphatic carbocycles. The molecule has 0 aliphatic heterocycles. The summed E-state index contributed by atoms with van der Waals surface area (Å²) in [6.07, 6.45) is 0. The first-order valence-electron chi connectivity index (χ1n) is 8.81. The Morgan fingerprint density at radius 3 is 2.19 bits per heavy atom. The zero-order valence-electron chi connectivity index (χ0n) is 17.5. The number of nitrogens with zero attached hydrogens (tertiary/aromatic N) is 2. The summed E-state index contributed by atoms with van der Waals surface area (Å²) in [5.41, 5.74) is 0.319. The van der Waals surface area contributed by atoms with Crippen LogP contribution in [0.15, 0.2) is 34.5 Å². The summed E-state index contributed by atoms with van der Waals surface area (Å²) >= 11 is 12.4. The van der Waals surface area contributed by atoms with Gasteiger partial charge in [-0.25, -0.2) is 0 Å². The molecular formula is C20H21Cl2N3O6. The Kier molecular flexibility index (Phi) is 8.47. The Morgan fingerprint density at radius 1 is 0.968 bits per heavy atom. The van der Waals surface area contributed by atoms with E-state index in [0.29, 0.717) is 11.5 Å². The summed E-state index contributed by atoms with van der Waals surface area (Å²) in [5, 5.41) is 10.9. The van der Waals surface area contributed by atoms with Crippen molar-refractivity contribution in [3.63, 3.8) is 0 Å². The molecule has 0 radical (unpaired) electrons. The molecular weight excluding hydrogens is 449 g/mol. The lowest BCUT2D eigenvalue weighted by atomic mass is 10.2. The molecule has 0 fully saturated rings. The van der Waals surface area contributed by atoms with Gasteiger partial charge in [0.15, 0.2) is 17.2 Å². The number of amides is 1. The molecule has 31 heavy (non-hydrogen) atoms. The van der Waals surface area contributed by atoms with Gasteiger partial charge in [0.25, 0.3) is 5.91 Å². The van der Waals surface area contributed by atoms with Gasteiger partial charge in [-0.05, 0) is 19.1 Å². The molecule has 0 bridgehead atoms. The third-order valence-corrected chi connectivity index (χ3v) is 4.79. The number of Topliss-reactive ketones (excluding diaryl/α,β-unsaturated/α-hetero) is 1. The lowest BCUT2D eigenvalue weighted by Crippen LogP contribution is -2.32. The minimum absolute atomic E-state index is 0.133. The van der Waals surface area contributed by atoms with E-state index in [2.05, 4.69) is 15.5 Å². The summed E-state index contributed by atoms with van der Waals surface area (Å²) in [4.78, 5) is 24.9. The zero-order valence-corrected chi connectivity index (χ0v) is 19.0. The molecule has 11 heteroatoms. The van der Waals surface area contributed by atoms with Gasteiger partial charge in [-0.2, -0.15) is 5.11 Å². The Balaban J connectivity index is 2.40. The van der Waals surface area contributed by atoms with Crippen LogP contribution in [0.25, 0.3) is 0 Å². The van der Waals surface area contributed by atoms with Crippen molar-refractivity contribution in [1.29, 1.82) is 0 Å². The molecule has 0 aromatic heterocycles. The van der Waals surface area contributed by atoms with Gasteiger partial charge in [-0.1, -0.05) is 23.2 Å². The first-order chi connectivity index (χ1) is 14.8. The van der Waals surface area contributed by atoms with Crippen LogP contribution in [-0.2, 0) is 9.59 Å². The summed E-state index contributed by atoms with van der Waals surface area (Å²) < 4.78 is 20.8. The number of hydrogen-bond donors (Lipinski definition) is 1. The van der Waals surface area contributed by atoms with Crippen molar-refractivity contribution in [2.24, 2.45) is 10.2 Å². The van der Waals surface area contributed by atoms with Crippen LogP contribution in [0.3, 0.4) is 0 Å². The van der Waals surface area contributed by atoms with E-state index in [4.69, 9.17) is 42.1 Å². The number of rotatable bonds is 9. The number of hydrogen-bond acceptors (Lipinski definition) is 8. The number of ketones is 1. The van der Waals surface area contributed by atoms with Gasteiger partial charge in [0.1, 0.15) is 22.3 Å². The van der Waals surface area contributed by atoms with E-state index in [1.165, 1.54) is 41.4 Å². The van der Waals surface area contributed by atoms with Crippen LogP contribution >= 0.6 is 23.2 Å². The van der Waals surface area contributed by atoms with Crippen LogP contribution in [0.1, 0.15) is 6.92 Å². The third kappa shape index (κ3) is 5.56. The largest absolute Gasteiger partial charge is 0.497 e. The Bertz CT molecular complexity index is 1010. The number of carbonyl (C=O) groups excluding carboxylic acids is 2. The van der Waals surface area contributed by atoms with Gasteiger partial charge >= 0.3 is 0 Å². The van der Waals surface area contributed by atoms with Gasteiger partial charge in [0.05, 0.1) is 39.1 Å². The lowest BCUT2D eigenvalue weighted by molar-refractivity contribution is -0.126. The van der Waals surface area contributed by atoms with E-state index >= 15 is 0 Å². The van der Waals surface area contributed by atoms with Crippen molar-refractivity contribution < 1.29 is 28.5 Å². The number of carbonyl (C=O) groups is 2. The molecule has 0 saturated heterocycles. The van der Waals surface area contributed by atoms with E-state index in [1.807, 2.05) is 0 Å². The molecule has 2 aromatic rings. The predicted molar refractivity (Wildman–Crippen MR) is 117 cm³/mol. The maximum atomic E-state index is 12.8. The standard InChI is InChI=1S/C20H21Cl2N3O6/c1-10(26)17(24-25-18-14(29-3)7-6-12(21)19(18)31-5)20(27)23-13-8-11(28-2)9-15(30-4)16(13)22/h6-9,17H,1-5H3,(H,23,27). The van der Waals surface area contributed by atoms with E-state index in [0.717, 1.165) is 0 Å². The van der Waals surface area contributed by atoms with E-state index < -0.39 is 17.7 Å². The highest BCUT2D eigenvalue weighted by Gasteiger charge is 2.25. The number of methoxy groups -OCH3 is 4. The molecule has 2 aromatic carbocycles. The predicted octanol–water partition coefficient (Wildman–Crippen LogP) is 4.71. The average Bonchev–Trinajstić information content (AvgIpc) is 2.75.